The van der Waals surface area contributed by atoms with Gasteiger partial charge in [-0.3, -0.25) is 4.40 Å². The number of nitrogens with zero attached hydrogens (tertiary/aromatic N) is 4. The van der Waals surface area contributed by atoms with Crippen molar-refractivity contribution < 1.29 is 4.42 Å². The number of rotatable bonds is 1. The minimum Gasteiger partial charge on any atom is -0.458 e. The van der Waals surface area contributed by atoms with Gasteiger partial charge in [0.1, 0.15) is 5.76 Å². The van der Waals surface area contributed by atoms with Crippen LogP contribution >= 0.6 is 0 Å². The molecule has 3 aromatic heterocycles. The van der Waals surface area contributed by atoms with Gasteiger partial charge in [-0.2, -0.15) is 5.26 Å². The van der Waals surface area contributed by atoms with Crippen molar-refractivity contribution in [3.05, 3.63) is 41.8 Å². The lowest BCUT2D eigenvalue weighted by Gasteiger charge is -1.96. The Morgan fingerprint density at radius 3 is 2.88 bits per heavy atom. The van der Waals surface area contributed by atoms with E-state index < -0.39 is 0 Å². The molecule has 82 valence electrons. The molecule has 0 bridgehead atoms. The number of hydrogen-bond acceptors (Lipinski definition) is 4. The van der Waals surface area contributed by atoms with Crippen LogP contribution in [0.1, 0.15) is 11.3 Å². The van der Waals surface area contributed by atoms with Crippen LogP contribution in [-0.4, -0.2) is 14.6 Å². The Kier molecular flexibility index (Phi) is 1.95. The summed E-state index contributed by atoms with van der Waals surface area (Å²) >= 11 is 0. The third-order valence-corrected chi connectivity index (χ3v) is 2.50. The van der Waals surface area contributed by atoms with Crippen LogP contribution in [0.2, 0.25) is 0 Å². The Labute approximate surface area is 96.9 Å². The fraction of sp³-hybridized carbons (Fsp3) is 0.0833. The van der Waals surface area contributed by atoms with E-state index >= 15 is 0 Å². The lowest BCUT2D eigenvalue weighted by atomic mass is 10.3. The van der Waals surface area contributed by atoms with Gasteiger partial charge in [-0.25, -0.2) is 0 Å². The average molecular weight is 224 g/mol. The molecule has 0 atom stereocenters. The Morgan fingerprint density at radius 2 is 2.18 bits per heavy atom. The zero-order chi connectivity index (χ0) is 11.8. The first kappa shape index (κ1) is 9.60. The van der Waals surface area contributed by atoms with E-state index in [1.54, 1.807) is 22.7 Å². The van der Waals surface area contributed by atoms with Crippen LogP contribution in [-0.2, 0) is 0 Å². The number of aryl methyl sites for hydroxylation is 1. The van der Waals surface area contributed by atoms with Crippen molar-refractivity contribution in [1.29, 1.82) is 5.26 Å². The fourth-order valence-corrected chi connectivity index (χ4v) is 1.68. The molecule has 0 aliphatic heterocycles. The van der Waals surface area contributed by atoms with Crippen LogP contribution in [0.15, 0.2) is 34.9 Å². The molecular formula is C12H8N4O. The first-order chi connectivity index (χ1) is 8.28. The molecular weight excluding hydrogens is 216 g/mol. The van der Waals surface area contributed by atoms with E-state index in [4.69, 9.17) is 9.68 Å². The molecule has 0 N–H and O–H groups in total. The molecule has 3 aromatic rings. The van der Waals surface area contributed by atoms with E-state index in [1.165, 1.54) is 0 Å². The minimum atomic E-state index is 0.562. The van der Waals surface area contributed by atoms with Gasteiger partial charge in [0.2, 0.25) is 5.82 Å². The van der Waals surface area contributed by atoms with Crippen molar-refractivity contribution in [2.24, 2.45) is 0 Å². The largest absolute Gasteiger partial charge is 0.458 e. The summed E-state index contributed by atoms with van der Waals surface area (Å²) in [6.45, 7) is 1.88. The van der Waals surface area contributed by atoms with Gasteiger partial charge in [0.05, 0.1) is 11.6 Å². The summed E-state index contributed by atoms with van der Waals surface area (Å²) in [5, 5.41) is 16.9. The molecule has 17 heavy (non-hydrogen) atoms. The maximum absolute atomic E-state index is 8.80. The topological polar surface area (TPSA) is 67.1 Å². The second kappa shape index (κ2) is 3.46. The number of hydrogen-bond donors (Lipinski definition) is 0. The molecule has 5 heteroatoms. The van der Waals surface area contributed by atoms with E-state index in [-0.39, 0.29) is 0 Å². The highest BCUT2D eigenvalue weighted by Gasteiger charge is 2.11. The van der Waals surface area contributed by atoms with Gasteiger partial charge < -0.3 is 4.42 Å². The van der Waals surface area contributed by atoms with E-state index in [9.17, 15) is 0 Å². The maximum atomic E-state index is 8.80. The van der Waals surface area contributed by atoms with Crippen LogP contribution in [0.25, 0.3) is 17.2 Å². The molecule has 3 heterocycles. The van der Waals surface area contributed by atoms with E-state index in [2.05, 4.69) is 16.3 Å². The number of fused-ring (bicyclic) bond motifs is 1. The van der Waals surface area contributed by atoms with Gasteiger partial charge in [-0.15, -0.1) is 10.2 Å². The summed E-state index contributed by atoms with van der Waals surface area (Å²) in [5.74, 6) is 2.13. The fourth-order valence-electron chi connectivity index (χ4n) is 1.68. The average Bonchev–Trinajstić information content (AvgIpc) is 2.93. The molecule has 0 aromatic carbocycles. The van der Waals surface area contributed by atoms with Crippen LogP contribution in [0, 0.1) is 18.3 Å². The second-order valence-electron chi connectivity index (χ2n) is 3.69. The highest BCUT2D eigenvalue weighted by Crippen LogP contribution is 2.20. The van der Waals surface area contributed by atoms with Gasteiger partial charge in [0.15, 0.2) is 11.4 Å². The Hall–Kier alpha value is -2.61. The minimum absolute atomic E-state index is 0.562. The van der Waals surface area contributed by atoms with Gasteiger partial charge >= 0.3 is 0 Å². The number of aromatic nitrogens is 3. The number of pyridine rings is 1. The van der Waals surface area contributed by atoms with Crippen molar-refractivity contribution in [1.82, 2.24) is 14.6 Å². The summed E-state index contributed by atoms with van der Waals surface area (Å²) in [5.41, 5.74) is 1.19. The SMILES string of the molecule is Cc1ccc(-c2nnc3cc(C#N)ccn23)o1. The Morgan fingerprint density at radius 1 is 1.29 bits per heavy atom. The molecule has 0 unspecified atom stereocenters. The molecule has 3 rings (SSSR count). The van der Waals surface area contributed by atoms with E-state index in [0.29, 0.717) is 22.8 Å². The van der Waals surface area contributed by atoms with Gasteiger partial charge in [0, 0.05) is 12.3 Å². The van der Waals surface area contributed by atoms with Gasteiger partial charge in [0.25, 0.3) is 0 Å². The highest BCUT2D eigenvalue weighted by atomic mass is 16.3. The predicted octanol–water partition coefficient (Wildman–Crippen LogP) is 2.17. The number of nitriles is 1. The quantitative estimate of drug-likeness (QED) is 0.635. The first-order valence-electron chi connectivity index (χ1n) is 5.09. The van der Waals surface area contributed by atoms with Gasteiger partial charge in [-0.05, 0) is 25.1 Å². The third kappa shape index (κ3) is 1.47. The summed E-state index contributed by atoms with van der Waals surface area (Å²) in [7, 11) is 0. The second-order valence-corrected chi connectivity index (χ2v) is 3.69. The molecule has 5 nitrogen and oxygen atoms in total. The highest BCUT2D eigenvalue weighted by molar-refractivity contribution is 5.55. The molecule has 0 radical (unpaired) electrons. The smallest absolute Gasteiger partial charge is 0.204 e. The Balaban J connectivity index is 2.22. The first-order valence-corrected chi connectivity index (χ1v) is 5.09. The van der Waals surface area contributed by atoms with Gasteiger partial charge in [-0.1, -0.05) is 0 Å². The van der Waals surface area contributed by atoms with E-state index in [0.717, 1.165) is 5.76 Å². The van der Waals surface area contributed by atoms with Crippen molar-refractivity contribution in [3.8, 4) is 17.7 Å². The van der Waals surface area contributed by atoms with Crippen LogP contribution in [0.5, 0.6) is 0 Å². The standard InChI is InChI=1S/C12H8N4O/c1-8-2-3-10(17-8)12-15-14-11-6-9(7-13)4-5-16(11)12/h2-6H,1H3. The van der Waals surface area contributed by atoms with E-state index in [1.807, 2.05) is 19.1 Å². The third-order valence-electron chi connectivity index (χ3n) is 2.50. The maximum Gasteiger partial charge on any atom is 0.204 e. The summed E-state index contributed by atoms with van der Waals surface area (Å²) in [6.07, 6.45) is 1.76. The molecule has 0 saturated heterocycles. The molecule has 0 amide bonds. The summed E-state index contributed by atoms with van der Waals surface area (Å²) in [4.78, 5) is 0. The predicted molar refractivity (Wildman–Crippen MR) is 60.1 cm³/mol. The normalized spacial score (nSPS) is 10.6. The summed E-state index contributed by atoms with van der Waals surface area (Å²) < 4.78 is 7.29. The van der Waals surface area contributed by atoms with Crippen LogP contribution < -0.4 is 0 Å². The molecule has 0 saturated carbocycles. The van der Waals surface area contributed by atoms with Crippen LogP contribution in [0.3, 0.4) is 0 Å². The van der Waals surface area contributed by atoms with Crippen molar-refractivity contribution in [2.45, 2.75) is 6.92 Å². The lowest BCUT2D eigenvalue weighted by molar-refractivity contribution is 0.543. The van der Waals surface area contributed by atoms with Crippen LogP contribution in [0.4, 0.5) is 0 Å². The molecule has 0 aliphatic rings. The van der Waals surface area contributed by atoms with Crippen molar-refractivity contribution in [3.63, 3.8) is 0 Å². The molecule has 0 spiro atoms. The van der Waals surface area contributed by atoms with Crippen molar-refractivity contribution >= 4 is 5.65 Å². The number of furan rings is 1. The molecule has 0 aliphatic carbocycles. The zero-order valence-corrected chi connectivity index (χ0v) is 9.08. The lowest BCUT2D eigenvalue weighted by Crippen LogP contribution is -1.88. The Bertz CT molecular complexity index is 732. The molecule has 0 fully saturated rings. The monoisotopic (exact) mass is 224 g/mol. The zero-order valence-electron chi connectivity index (χ0n) is 9.08. The van der Waals surface area contributed by atoms with Crippen molar-refractivity contribution in [2.75, 3.05) is 0 Å². The summed E-state index contributed by atoms with van der Waals surface area (Å²) in [6, 6.07) is 9.20.